The first-order chi connectivity index (χ1) is 7.74. The summed E-state index contributed by atoms with van der Waals surface area (Å²) in [6.45, 7) is 3.41. The second kappa shape index (κ2) is 5.50. The summed E-state index contributed by atoms with van der Waals surface area (Å²) in [5.74, 6) is 0.920. The number of rotatable bonds is 4. The first-order valence-electron chi connectivity index (χ1n) is 7.06. The van der Waals surface area contributed by atoms with Crippen molar-refractivity contribution in [3.8, 4) is 0 Å². The van der Waals surface area contributed by atoms with Gasteiger partial charge in [0.05, 0.1) is 11.7 Å². The molecule has 0 unspecified atom stereocenters. The van der Waals surface area contributed by atoms with Crippen molar-refractivity contribution in [2.75, 3.05) is 13.6 Å². The van der Waals surface area contributed by atoms with Crippen molar-refractivity contribution in [1.82, 2.24) is 5.32 Å². The van der Waals surface area contributed by atoms with Gasteiger partial charge in [0.1, 0.15) is 0 Å². The van der Waals surface area contributed by atoms with Crippen LogP contribution in [-0.4, -0.2) is 25.3 Å². The Morgan fingerprint density at radius 2 is 1.75 bits per heavy atom. The van der Waals surface area contributed by atoms with E-state index in [0.717, 1.165) is 12.5 Å². The van der Waals surface area contributed by atoms with Gasteiger partial charge >= 0.3 is 0 Å². The van der Waals surface area contributed by atoms with Crippen LogP contribution in [0.3, 0.4) is 0 Å². The Morgan fingerprint density at radius 3 is 2.31 bits per heavy atom. The maximum absolute atomic E-state index is 6.47. The molecule has 0 aliphatic heterocycles. The molecule has 0 spiro atoms. The molecule has 94 valence electrons. The lowest BCUT2D eigenvalue weighted by atomic mass is 9.88. The second-order valence-electron chi connectivity index (χ2n) is 5.92. The van der Waals surface area contributed by atoms with Crippen LogP contribution in [0.1, 0.15) is 58.3 Å². The summed E-state index contributed by atoms with van der Waals surface area (Å²) >= 11 is 0. The van der Waals surface area contributed by atoms with E-state index in [1.807, 2.05) is 7.05 Å². The molecule has 0 bridgehead atoms. The Hall–Kier alpha value is -0.0800. The third kappa shape index (κ3) is 2.98. The molecule has 2 saturated carbocycles. The van der Waals surface area contributed by atoms with Crippen molar-refractivity contribution in [1.29, 1.82) is 0 Å². The van der Waals surface area contributed by atoms with Gasteiger partial charge in [-0.2, -0.15) is 0 Å². The predicted molar refractivity (Wildman–Crippen MR) is 67.6 cm³/mol. The number of hydrogen-bond donors (Lipinski definition) is 1. The molecular formula is C14H27NO. The highest BCUT2D eigenvalue weighted by Gasteiger charge is 2.37. The second-order valence-corrected chi connectivity index (χ2v) is 5.92. The molecule has 0 aromatic rings. The molecule has 0 amide bonds. The summed E-state index contributed by atoms with van der Waals surface area (Å²) < 4.78 is 6.47. The Labute approximate surface area is 100 Å². The molecular weight excluding hydrogens is 198 g/mol. The van der Waals surface area contributed by atoms with E-state index in [-0.39, 0.29) is 5.60 Å². The van der Waals surface area contributed by atoms with E-state index in [4.69, 9.17) is 4.74 Å². The van der Waals surface area contributed by atoms with Crippen LogP contribution in [-0.2, 0) is 4.74 Å². The molecule has 2 aliphatic rings. The molecule has 2 nitrogen and oxygen atoms in total. The number of ether oxygens (including phenoxy) is 1. The van der Waals surface area contributed by atoms with Gasteiger partial charge in [-0.25, -0.2) is 0 Å². The van der Waals surface area contributed by atoms with Crippen LogP contribution in [0, 0.1) is 5.92 Å². The Balaban J connectivity index is 1.85. The Bertz CT molecular complexity index is 203. The molecule has 0 heterocycles. The van der Waals surface area contributed by atoms with Crippen molar-refractivity contribution < 1.29 is 4.74 Å². The average molecular weight is 225 g/mol. The normalized spacial score (nSPS) is 34.1. The van der Waals surface area contributed by atoms with E-state index >= 15 is 0 Å². The highest BCUT2D eigenvalue weighted by Crippen LogP contribution is 2.37. The molecule has 2 rings (SSSR count). The smallest absolute Gasteiger partial charge is 0.0809 e. The zero-order valence-electron chi connectivity index (χ0n) is 10.9. The van der Waals surface area contributed by atoms with E-state index in [1.54, 1.807) is 0 Å². The molecule has 16 heavy (non-hydrogen) atoms. The molecule has 2 aliphatic carbocycles. The minimum absolute atomic E-state index is 0.181. The summed E-state index contributed by atoms with van der Waals surface area (Å²) in [5, 5.41) is 3.32. The van der Waals surface area contributed by atoms with Gasteiger partial charge in [-0.3, -0.25) is 0 Å². The van der Waals surface area contributed by atoms with Gasteiger partial charge in [0.25, 0.3) is 0 Å². The van der Waals surface area contributed by atoms with Crippen LogP contribution in [0.5, 0.6) is 0 Å². The minimum atomic E-state index is 0.181. The van der Waals surface area contributed by atoms with E-state index in [9.17, 15) is 0 Å². The maximum atomic E-state index is 6.47. The van der Waals surface area contributed by atoms with Crippen molar-refractivity contribution in [3.05, 3.63) is 0 Å². The summed E-state index contributed by atoms with van der Waals surface area (Å²) in [4.78, 5) is 0. The van der Waals surface area contributed by atoms with Gasteiger partial charge in [0, 0.05) is 6.54 Å². The Morgan fingerprint density at radius 1 is 1.12 bits per heavy atom. The topological polar surface area (TPSA) is 21.3 Å². The van der Waals surface area contributed by atoms with Gasteiger partial charge in [0.15, 0.2) is 0 Å². The van der Waals surface area contributed by atoms with Crippen LogP contribution >= 0.6 is 0 Å². The third-order valence-electron chi connectivity index (χ3n) is 4.39. The van der Waals surface area contributed by atoms with Crippen LogP contribution in [0.15, 0.2) is 0 Å². The molecule has 1 N–H and O–H groups in total. The summed E-state index contributed by atoms with van der Waals surface area (Å²) in [6, 6.07) is 0. The van der Waals surface area contributed by atoms with Gasteiger partial charge in [-0.15, -0.1) is 0 Å². The molecule has 0 atom stereocenters. The monoisotopic (exact) mass is 225 g/mol. The first-order valence-corrected chi connectivity index (χ1v) is 7.06. The molecule has 0 aromatic carbocycles. The molecule has 2 heteroatoms. The first kappa shape index (κ1) is 12.4. The third-order valence-corrected chi connectivity index (χ3v) is 4.39. The lowest BCUT2D eigenvalue weighted by Crippen LogP contribution is -2.43. The fourth-order valence-electron chi connectivity index (χ4n) is 3.38. The van der Waals surface area contributed by atoms with Crippen molar-refractivity contribution in [3.63, 3.8) is 0 Å². The lowest BCUT2D eigenvalue weighted by Gasteiger charge is -2.36. The zero-order chi connectivity index (χ0) is 11.4. The summed E-state index contributed by atoms with van der Waals surface area (Å²) in [6.07, 6.45) is 11.1. The molecule has 0 aromatic heterocycles. The van der Waals surface area contributed by atoms with Crippen LogP contribution in [0.25, 0.3) is 0 Å². The van der Waals surface area contributed by atoms with Crippen LogP contribution in [0.2, 0.25) is 0 Å². The molecule has 0 saturated heterocycles. The molecule has 0 radical (unpaired) electrons. The number of hydrogen-bond acceptors (Lipinski definition) is 2. The maximum Gasteiger partial charge on any atom is 0.0809 e. The van der Waals surface area contributed by atoms with E-state index in [2.05, 4.69) is 12.2 Å². The van der Waals surface area contributed by atoms with Gasteiger partial charge < -0.3 is 10.1 Å². The SMILES string of the molecule is CNCC1(OC2CCC(C)CC2)CCCC1. The largest absolute Gasteiger partial charge is 0.370 e. The summed E-state index contributed by atoms with van der Waals surface area (Å²) in [7, 11) is 2.05. The fraction of sp³-hybridized carbons (Fsp3) is 1.00. The van der Waals surface area contributed by atoms with Gasteiger partial charge in [-0.05, 0) is 51.5 Å². The average Bonchev–Trinajstić information content (AvgIpc) is 2.71. The summed E-state index contributed by atoms with van der Waals surface area (Å²) in [5.41, 5.74) is 0.181. The van der Waals surface area contributed by atoms with Gasteiger partial charge in [0.2, 0.25) is 0 Å². The van der Waals surface area contributed by atoms with Crippen LogP contribution < -0.4 is 5.32 Å². The highest BCUT2D eigenvalue weighted by molar-refractivity contribution is 4.90. The molecule has 2 fully saturated rings. The van der Waals surface area contributed by atoms with Crippen molar-refractivity contribution in [2.45, 2.75) is 70.0 Å². The van der Waals surface area contributed by atoms with Crippen molar-refractivity contribution in [2.24, 2.45) is 5.92 Å². The predicted octanol–water partition coefficient (Wildman–Crippen LogP) is 3.11. The highest BCUT2D eigenvalue weighted by atomic mass is 16.5. The van der Waals surface area contributed by atoms with Crippen LogP contribution in [0.4, 0.5) is 0 Å². The Kier molecular flexibility index (Phi) is 4.26. The number of nitrogens with one attached hydrogen (secondary N) is 1. The zero-order valence-corrected chi connectivity index (χ0v) is 10.9. The minimum Gasteiger partial charge on any atom is -0.370 e. The standard InChI is InChI=1S/C14H27NO/c1-12-5-7-13(8-6-12)16-14(11-15-2)9-3-4-10-14/h12-13,15H,3-11H2,1-2H3. The quantitative estimate of drug-likeness (QED) is 0.794. The lowest BCUT2D eigenvalue weighted by molar-refractivity contribution is -0.103. The fourth-order valence-corrected chi connectivity index (χ4v) is 3.38. The van der Waals surface area contributed by atoms with E-state index < -0.39 is 0 Å². The van der Waals surface area contributed by atoms with E-state index in [1.165, 1.54) is 51.4 Å². The van der Waals surface area contributed by atoms with Gasteiger partial charge in [-0.1, -0.05) is 19.8 Å². The van der Waals surface area contributed by atoms with E-state index in [0.29, 0.717) is 6.10 Å². The van der Waals surface area contributed by atoms with Crippen molar-refractivity contribution >= 4 is 0 Å². The number of likely N-dealkylation sites (N-methyl/N-ethyl adjacent to an activating group) is 1.